The molecule has 2 heterocycles. The highest BCUT2D eigenvalue weighted by molar-refractivity contribution is 5.59. The standard InChI is InChI=1S/C13H20N2/c1-8(2)11-7-14-12-5-9(3)6-15-13(12)10(11)4/h7-9,15H,5-6H2,1-4H3. The molecule has 0 fully saturated rings. The quantitative estimate of drug-likeness (QED) is 0.760. The first kappa shape index (κ1) is 10.5. The first-order valence-electron chi connectivity index (χ1n) is 5.81. The third-order valence-corrected chi connectivity index (χ3v) is 3.25. The Morgan fingerprint density at radius 1 is 1.47 bits per heavy atom. The van der Waals surface area contributed by atoms with Crippen LogP contribution in [0.25, 0.3) is 0 Å². The summed E-state index contributed by atoms with van der Waals surface area (Å²) in [6, 6.07) is 0. The molecule has 0 spiro atoms. The van der Waals surface area contributed by atoms with Crippen molar-refractivity contribution in [3.05, 3.63) is 23.0 Å². The Balaban J connectivity index is 2.44. The lowest BCUT2D eigenvalue weighted by Crippen LogP contribution is -2.23. The molecular formula is C13H20N2. The number of hydrogen-bond donors (Lipinski definition) is 1. The van der Waals surface area contributed by atoms with Gasteiger partial charge >= 0.3 is 0 Å². The number of fused-ring (bicyclic) bond motifs is 1. The summed E-state index contributed by atoms with van der Waals surface area (Å²) in [6.07, 6.45) is 3.17. The largest absolute Gasteiger partial charge is 0.383 e. The number of hydrogen-bond acceptors (Lipinski definition) is 2. The van der Waals surface area contributed by atoms with E-state index in [4.69, 9.17) is 0 Å². The molecule has 82 valence electrons. The third kappa shape index (κ3) is 1.85. The van der Waals surface area contributed by atoms with Crippen molar-refractivity contribution in [3.8, 4) is 0 Å². The smallest absolute Gasteiger partial charge is 0.0640 e. The fraction of sp³-hybridized carbons (Fsp3) is 0.615. The predicted octanol–water partition coefficient (Wildman–Crippen LogP) is 3.12. The van der Waals surface area contributed by atoms with Crippen LogP contribution < -0.4 is 5.32 Å². The maximum Gasteiger partial charge on any atom is 0.0640 e. The van der Waals surface area contributed by atoms with E-state index >= 15 is 0 Å². The fourth-order valence-electron chi connectivity index (χ4n) is 2.32. The summed E-state index contributed by atoms with van der Waals surface area (Å²) >= 11 is 0. The van der Waals surface area contributed by atoms with Crippen molar-refractivity contribution in [2.45, 2.75) is 40.0 Å². The predicted molar refractivity (Wildman–Crippen MR) is 64.4 cm³/mol. The number of pyridine rings is 1. The van der Waals surface area contributed by atoms with Crippen LogP contribution >= 0.6 is 0 Å². The molecule has 2 nitrogen and oxygen atoms in total. The molecule has 1 aromatic heterocycles. The zero-order chi connectivity index (χ0) is 11.0. The molecule has 0 radical (unpaired) electrons. The molecular weight excluding hydrogens is 184 g/mol. The van der Waals surface area contributed by atoms with Crippen molar-refractivity contribution in [3.63, 3.8) is 0 Å². The van der Waals surface area contributed by atoms with Crippen LogP contribution in [0.15, 0.2) is 6.20 Å². The van der Waals surface area contributed by atoms with E-state index in [1.807, 2.05) is 0 Å². The van der Waals surface area contributed by atoms with Gasteiger partial charge in [0.05, 0.1) is 11.4 Å². The Morgan fingerprint density at radius 2 is 2.20 bits per heavy atom. The number of nitrogens with zero attached hydrogens (tertiary/aromatic N) is 1. The molecule has 1 N–H and O–H groups in total. The van der Waals surface area contributed by atoms with Gasteiger partial charge in [-0.2, -0.15) is 0 Å². The SMILES string of the molecule is Cc1c(C(C)C)cnc2c1NCC(C)C2. The highest BCUT2D eigenvalue weighted by Crippen LogP contribution is 2.31. The summed E-state index contributed by atoms with van der Waals surface area (Å²) in [5.74, 6) is 1.26. The molecule has 2 heteroatoms. The molecule has 1 aromatic rings. The van der Waals surface area contributed by atoms with Crippen LogP contribution in [0.4, 0.5) is 5.69 Å². The maximum absolute atomic E-state index is 4.59. The van der Waals surface area contributed by atoms with Gasteiger partial charge in [-0.25, -0.2) is 0 Å². The molecule has 0 bridgehead atoms. The second kappa shape index (κ2) is 3.84. The lowest BCUT2D eigenvalue weighted by molar-refractivity contribution is 0.581. The van der Waals surface area contributed by atoms with Crippen molar-refractivity contribution in [2.24, 2.45) is 5.92 Å². The Kier molecular flexibility index (Phi) is 2.68. The Bertz CT molecular complexity index is 369. The van der Waals surface area contributed by atoms with Crippen molar-refractivity contribution < 1.29 is 0 Å². The molecule has 1 atom stereocenters. The number of nitrogens with one attached hydrogen (secondary N) is 1. The zero-order valence-corrected chi connectivity index (χ0v) is 10.1. The first-order valence-corrected chi connectivity index (χ1v) is 5.81. The number of aromatic nitrogens is 1. The first-order chi connectivity index (χ1) is 7.09. The van der Waals surface area contributed by atoms with Gasteiger partial charge in [0.1, 0.15) is 0 Å². The van der Waals surface area contributed by atoms with Gasteiger partial charge in [0.2, 0.25) is 0 Å². The monoisotopic (exact) mass is 204 g/mol. The van der Waals surface area contributed by atoms with Crippen LogP contribution in [0.3, 0.4) is 0 Å². The molecule has 1 aliphatic heterocycles. The minimum atomic E-state index is 0.559. The topological polar surface area (TPSA) is 24.9 Å². The van der Waals surface area contributed by atoms with Crippen molar-refractivity contribution >= 4 is 5.69 Å². The summed E-state index contributed by atoms with van der Waals surface area (Å²) < 4.78 is 0. The van der Waals surface area contributed by atoms with E-state index in [0.29, 0.717) is 11.8 Å². The van der Waals surface area contributed by atoms with Gasteiger partial charge in [-0.15, -0.1) is 0 Å². The summed E-state index contributed by atoms with van der Waals surface area (Å²) in [5, 5.41) is 3.51. The normalized spacial score (nSPS) is 19.9. The third-order valence-electron chi connectivity index (χ3n) is 3.25. The zero-order valence-electron chi connectivity index (χ0n) is 10.1. The molecule has 2 rings (SSSR count). The average molecular weight is 204 g/mol. The molecule has 0 aromatic carbocycles. The van der Waals surface area contributed by atoms with Crippen LogP contribution in [0.5, 0.6) is 0 Å². The van der Waals surface area contributed by atoms with Crippen molar-refractivity contribution in [1.82, 2.24) is 4.98 Å². The van der Waals surface area contributed by atoms with E-state index in [0.717, 1.165) is 13.0 Å². The van der Waals surface area contributed by atoms with Crippen LogP contribution in [0.2, 0.25) is 0 Å². The van der Waals surface area contributed by atoms with E-state index in [1.165, 1.54) is 22.5 Å². The molecule has 0 aliphatic carbocycles. The van der Waals surface area contributed by atoms with E-state index in [1.54, 1.807) is 0 Å². The van der Waals surface area contributed by atoms with Gasteiger partial charge in [-0.3, -0.25) is 4.98 Å². The van der Waals surface area contributed by atoms with Gasteiger partial charge in [-0.1, -0.05) is 20.8 Å². The fourth-order valence-corrected chi connectivity index (χ4v) is 2.32. The molecule has 15 heavy (non-hydrogen) atoms. The minimum Gasteiger partial charge on any atom is -0.383 e. The van der Waals surface area contributed by atoms with Crippen molar-refractivity contribution in [1.29, 1.82) is 0 Å². The minimum absolute atomic E-state index is 0.559. The summed E-state index contributed by atoms with van der Waals surface area (Å²) in [7, 11) is 0. The van der Waals surface area contributed by atoms with Gasteiger partial charge in [-0.05, 0) is 36.3 Å². The van der Waals surface area contributed by atoms with Crippen LogP contribution in [-0.4, -0.2) is 11.5 Å². The van der Waals surface area contributed by atoms with Gasteiger partial charge in [0.15, 0.2) is 0 Å². The van der Waals surface area contributed by atoms with Crippen LogP contribution in [0.1, 0.15) is 43.5 Å². The lowest BCUT2D eigenvalue weighted by atomic mass is 9.93. The molecule has 0 amide bonds. The van der Waals surface area contributed by atoms with Gasteiger partial charge in [0.25, 0.3) is 0 Å². The Morgan fingerprint density at radius 3 is 2.87 bits per heavy atom. The van der Waals surface area contributed by atoms with E-state index in [2.05, 4.69) is 44.2 Å². The highest BCUT2D eigenvalue weighted by atomic mass is 14.9. The summed E-state index contributed by atoms with van der Waals surface area (Å²) in [4.78, 5) is 4.59. The molecule has 0 saturated heterocycles. The summed E-state index contributed by atoms with van der Waals surface area (Å²) in [5.41, 5.74) is 5.30. The van der Waals surface area contributed by atoms with Gasteiger partial charge < -0.3 is 5.32 Å². The van der Waals surface area contributed by atoms with Gasteiger partial charge in [0, 0.05) is 12.7 Å². The average Bonchev–Trinajstić information content (AvgIpc) is 2.17. The van der Waals surface area contributed by atoms with E-state index in [-0.39, 0.29) is 0 Å². The number of rotatable bonds is 1. The summed E-state index contributed by atoms with van der Waals surface area (Å²) in [6.45, 7) is 10.0. The van der Waals surface area contributed by atoms with E-state index < -0.39 is 0 Å². The van der Waals surface area contributed by atoms with E-state index in [9.17, 15) is 0 Å². The lowest BCUT2D eigenvalue weighted by Gasteiger charge is -2.26. The maximum atomic E-state index is 4.59. The molecule has 1 aliphatic rings. The van der Waals surface area contributed by atoms with Crippen molar-refractivity contribution in [2.75, 3.05) is 11.9 Å². The Hall–Kier alpha value is -1.05. The molecule has 0 saturated carbocycles. The number of anilines is 1. The highest BCUT2D eigenvalue weighted by Gasteiger charge is 2.19. The second-order valence-corrected chi connectivity index (χ2v) is 5.01. The van der Waals surface area contributed by atoms with Crippen LogP contribution in [0, 0.1) is 12.8 Å². The molecule has 1 unspecified atom stereocenters. The second-order valence-electron chi connectivity index (χ2n) is 5.01. The Labute approximate surface area is 92.1 Å². The van der Waals surface area contributed by atoms with Crippen LogP contribution in [-0.2, 0) is 6.42 Å².